The van der Waals surface area contributed by atoms with Crippen LogP contribution in [0.3, 0.4) is 0 Å². The van der Waals surface area contributed by atoms with Crippen LogP contribution in [-0.4, -0.2) is 63.1 Å². The van der Waals surface area contributed by atoms with Gasteiger partial charge in [-0.15, -0.1) is 11.8 Å². The number of hydrogen-bond acceptors (Lipinski definition) is 12. The maximum Gasteiger partial charge on any atom is 0.519 e. The van der Waals surface area contributed by atoms with Crippen molar-refractivity contribution in [3.63, 3.8) is 0 Å². The third kappa shape index (κ3) is 6.30. The topological polar surface area (TPSA) is 178 Å². The van der Waals surface area contributed by atoms with Gasteiger partial charge in [0, 0.05) is 16.5 Å². The number of phenolic OH excluding ortho intramolecular Hbond substituents is 1. The van der Waals surface area contributed by atoms with Crippen LogP contribution < -0.4 is 16.5 Å². The van der Waals surface area contributed by atoms with Gasteiger partial charge in [-0.1, -0.05) is 28.1 Å². The highest BCUT2D eigenvalue weighted by atomic mass is 79.9. The van der Waals surface area contributed by atoms with Crippen LogP contribution >= 0.6 is 27.7 Å². The number of esters is 2. The van der Waals surface area contributed by atoms with Gasteiger partial charge in [-0.3, -0.25) is 9.59 Å². The lowest BCUT2D eigenvalue weighted by Crippen LogP contribution is -2.71. The zero-order chi connectivity index (χ0) is 30.1. The van der Waals surface area contributed by atoms with Gasteiger partial charge in [-0.25, -0.2) is 14.4 Å². The van der Waals surface area contributed by atoms with Gasteiger partial charge >= 0.3 is 17.8 Å². The lowest BCUT2D eigenvalue weighted by Gasteiger charge is -2.44. The molecule has 3 N–H and O–H groups in total. The molecule has 1 aromatic heterocycles. The van der Waals surface area contributed by atoms with E-state index in [1.165, 1.54) is 54.1 Å². The smallest absolute Gasteiger partial charge is 0.508 e. The Labute approximate surface area is 246 Å². The lowest BCUT2D eigenvalue weighted by atomic mass is 9.95. The van der Waals surface area contributed by atoms with Crippen molar-refractivity contribution < 1.29 is 42.6 Å². The molecule has 3 heterocycles. The summed E-state index contributed by atoms with van der Waals surface area (Å²) in [5.41, 5.74) is 0.804. The molecule has 220 valence electrons. The number of ether oxygens (including phenoxy) is 2. The minimum Gasteiger partial charge on any atom is -0.508 e. The number of fused-ring (bicyclic) bond motifs is 1. The van der Waals surface area contributed by atoms with Gasteiger partial charge in [0.1, 0.15) is 29.2 Å². The number of nitrogens with one attached hydrogen (secondary N) is 2. The van der Waals surface area contributed by atoms with E-state index >= 15 is 0 Å². The maximum atomic E-state index is 13.5. The fourth-order valence-electron chi connectivity index (χ4n) is 4.60. The Morgan fingerprint density at radius 2 is 1.85 bits per heavy atom. The fraction of sp³-hybridized carbons (Fsp3) is 0.423. The Bertz CT molecular complexity index is 1430. The van der Waals surface area contributed by atoms with Crippen molar-refractivity contribution in [1.29, 1.82) is 0 Å². The van der Waals surface area contributed by atoms with Crippen molar-refractivity contribution in [3.8, 4) is 5.75 Å². The van der Waals surface area contributed by atoms with Crippen molar-refractivity contribution in [2.24, 2.45) is 0 Å². The Hall–Kier alpha value is -3.72. The van der Waals surface area contributed by atoms with Crippen molar-refractivity contribution in [2.75, 3.05) is 7.11 Å². The quantitative estimate of drug-likeness (QED) is 0.147. The van der Waals surface area contributed by atoms with E-state index in [0.29, 0.717) is 11.3 Å². The SMILES string of the molecule is COC(=O)/C=C(\C)NC(C(=O)NC1C(=O)N2[C@@H]1SC(C)(C)[C@@H]2C(=O)OCc1oc(=O)oc1CBr)c1ccc(O)cc1. The van der Waals surface area contributed by atoms with Crippen molar-refractivity contribution in [3.05, 3.63) is 63.7 Å². The summed E-state index contributed by atoms with van der Waals surface area (Å²) in [6.07, 6.45) is 1.18. The van der Waals surface area contributed by atoms with E-state index in [4.69, 9.17) is 13.6 Å². The van der Waals surface area contributed by atoms with Crippen LogP contribution in [0.1, 0.15) is 43.9 Å². The second kappa shape index (κ2) is 12.0. The molecule has 4 atom stereocenters. The molecule has 2 amide bonds. The first-order chi connectivity index (χ1) is 19.4. The molecule has 1 aromatic carbocycles. The van der Waals surface area contributed by atoms with Crippen LogP contribution in [0.4, 0.5) is 0 Å². The van der Waals surface area contributed by atoms with E-state index in [-0.39, 0.29) is 29.2 Å². The molecule has 2 fully saturated rings. The first-order valence-electron chi connectivity index (χ1n) is 12.3. The number of carbonyl (C=O) groups is 4. The van der Waals surface area contributed by atoms with Crippen LogP contribution in [0, 0.1) is 0 Å². The summed E-state index contributed by atoms with van der Waals surface area (Å²) in [7, 11) is 1.23. The predicted molar refractivity (Wildman–Crippen MR) is 147 cm³/mol. The molecule has 2 aliphatic heterocycles. The molecule has 0 spiro atoms. The highest BCUT2D eigenvalue weighted by molar-refractivity contribution is 9.08. The second-order valence-electron chi connectivity index (χ2n) is 9.81. The van der Waals surface area contributed by atoms with Crippen LogP contribution in [0.2, 0.25) is 0 Å². The molecule has 0 aliphatic carbocycles. The van der Waals surface area contributed by atoms with E-state index in [0.717, 1.165) is 0 Å². The third-order valence-electron chi connectivity index (χ3n) is 6.55. The number of amides is 2. The summed E-state index contributed by atoms with van der Waals surface area (Å²) < 4.78 is 19.1. The average Bonchev–Trinajstić information content (AvgIpc) is 3.42. The van der Waals surface area contributed by atoms with Gasteiger partial charge in [-0.2, -0.15) is 0 Å². The highest BCUT2D eigenvalue weighted by Gasteiger charge is 2.64. The Kier molecular flexibility index (Phi) is 8.87. The molecule has 0 saturated carbocycles. The van der Waals surface area contributed by atoms with E-state index in [1.54, 1.807) is 20.8 Å². The number of rotatable bonds is 10. The van der Waals surface area contributed by atoms with Gasteiger partial charge < -0.3 is 38.9 Å². The molecule has 2 aromatic rings. The third-order valence-corrected chi connectivity index (χ3v) is 8.63. The van der Waals surface area contributed by atoms with Crippen LogP contribution in [0.25, 0.3) is 0 Å². The molecule has 2 aliphatic rings. The van der Waals surface area contributed by atoms with E-state index in [1.807, 2.05) is 0 Å². The fourth-order valence-corrected chi connectivity index (χ4v) is 6.65. The predicted octanol–water partition coefficient (Wildman–Crippen LogP) is 1.83. The largest absolute Gasteiger partial charge is 0.519 e. The average molecular weight is 654 g/mol. The molecule has 13 nitrogen and oxygen atoms in total. The van der Waals surface area contributed by atoms with Gasteiger partial charge in [0.15, 0.2) is 18.1 Å². The van der Waals surface area contributed by atoms with Gasteiger partial charge in [0.2, 0.25) is 11.8 Å². The zero-order valence-corrected chi connectivity index (χ0v) is 24.9. The minimum atomic E-state index is -1.02. The molecule has 41 heavy (non-hydrogen) atoms. The Morgan fingerprint density at radius 1 is 1.20 bits per heavy atom. The summed E-state index contributed by atoms with van der Waals surface area (Å²) in [6.45, 7) is 4.80. The molecule has 4 rings (SSSR count). The number of β-lactam (4-membered cyclic amide) rings is 1. The van der Waals surface area contributed by atoms with Crippen molar-refractivity contribution in [1.82, 2.24) is 15.5 Å². The molecule has 2 saturated heterocycles. The maximum absolute atomic E-state index is 13.5. The zero-order valence-electron chi connectivity index (χ0n) is 22.5. The number of hydrogen-bond donors (Lipinski definition) is 3. The number of phenols is 1. The Morgan fingerprint density at radius 3 is 2.49 bits per heavy atom. The number of halogens is 1. The molecule has 0 radical (unpaired) electrons. The molecular formula is C26H28BrN3O10S. The van der Waals surface area contributed by atoms with Gasteiger partial charge in [0.25, 0.3) is 0 Å². The van der Waals surface area contributed by atoms with Crippen LogP contribution in [0.5, 0.6) is 5.75 Å². The highest BCUT2D eigenvalue weighted by Crippen LogP contribution is 2.51. The van der Waals surface area contributed by atoms with Gasteiger partial charge in [-0.05, 0) is 38.5 Å². The number of benzene rings is 1. The summed E-state index contributed by atoms with van der Waals surface area (Å²) in [4.78, 5) is 64.3. The number of aromatic hydroxyl groups is 1. The Balaban J connectivity index is 1.48. The van der Waals surface area contributed by atoms with Crippen LogP contribution in [0.15, 0.2) is 49.7 Å². The molecule has 2 unspecified atom stereocenters. The standard InChI is InChI=1S/C26H28BrN3O10S/c1-12(9-17(32)37-4)28-18(13-5-7-14(31)8-6-13)21(33)29-19-22(34)30-20(26(2,3)41-23(19)30)24(35)38-11-16-15(10-27)39-25(36)40-16/h5-9,18-20,23,28,31H,10-11H2,1-4H3,(H,29,33)/b12-9+/t18?,19?,20-,23+/m0/s1. The summed E-state index contributed by atoms with van der Waals surface area (Å²) >= 11 is 4.51. The number of methoxy groups -OCH3 is 1. The summed E-state index contributed by atoms with van der Waals surface area (Å²) in [6, 6.07) is 2.99. The first kappa shape index (κ1) is 30.2. The number of carbonyl (C=O) groups excluding carboxylic acids is 4. The number of allylic oxidation sites excluding steroid dienone is 1. The number of alkyl halides is 1. The monoisotopic (exact) mass is 653 g/mol. The van der Waals surface area contributed by atoms with Crippen molar-refractivity contribution in [2.45, 2.75) is 61.0 Å². The molecular weight excluding hydrogens is 626 g/mol. The molecule has 0 bridgehead atoms. The number of nitrogens with zero attached hydrogens (tertiary/aromatic N) is 1. The summed E-state index contributed by atoms with van der Waals surface area (Å²) in [5, 5.41) is 15.0. The van der Waals surface area contributed by atoms with E-state index in [9.17, 15) is 29.1 Å². The van der Waals surface area contributed by atoms with Crippen molar-refractivity contribution >= 4 is 51.4 Å². The molecule has 15 heteroatoms. The lowest BCUT2D eigenvalue weighted by molar-refractivity contribution is -0.165. The first-order valence-corrected chi connectivity index (χ1v) is 14.3. The van der Waals surface area contributed by atoms with Gasteiger partial charge in [0.05, 0.1) is 12.4 Å². The van der Waals surface area contributed by atoms with E-state index in [2.05, 4.69) is 31.3 Å². The normalized spacial score (nSPS) is 21.9. The van der Waals surface area contributed by atoms with Crippen LogP contribution in [-0.2, 0) is 40.6 Å². The minimum absolute atomic E-state index is 0.000359. The van der Waals surface area contributed by atoms with E-state index < -0.39 is 57.8 Å². The number of thioether (sulfide) groups is 1. The second-order valence-corrected chi connectivity index (χ2v) is 12.1. The summed E-state index contributed by atoms with van der Waals surface area (Å²) in [5.74, 6) is -3.01.